The highest BCUT2D eigenvalue weighted by Crippen LogP contribution is 2.20. The molecule has 0 saturated carbocycles. The summed E-state index contributed by atoms with van der Waals surface area (Å²) in [4.78, 5) is 38.8. The number of rotatable bonds is 2. The molecule has 0 spiro atoms. The van der Waals surface area contributed by atoms with E-state index in [0.717, 1.165) is 0 Å². The van der Waals surface area contributed by atoms with Crippen LogP contribution in [0, 0.1) is 5.41 Å². The molecule has 120 valence electrons. The predicted octanol–water partition coefficient (Wildman–Crippen LogP) is 0.491. The summed E-state index contributed by atoms with van der Waals surface area (Å²) in [5.74, 6) is -0.0964. The number of amides is 2. The molecule has 1 N–H and O–H groups in total. The molecule has 2 rings (SSSR count). The molecule has 1 saturated heterocycles. The van der Waals surface area contributed by atoms with Gasteiger partial charge in [-0.15, -0.1) is 0 Å². The largest absolute Gasteiger partial charge is 0.339 e. The van der Waals surface area contributed by atoms with Crippen molar-refractivity contribution in [1.82, 2.24) is 20.0 Å². The van der Waals surface area contributed by atoms with Gasteiger partial charge in [-0.3, -0.25) is 14.4 Å². The average molecular weight is 306 g/mol. The van der Waals surface area contributed by atoms with Crippen LogP contribution in [0.3, 0.4) is 0 Å². The van der Waals surface area contributed by atoms with Gasteiger partial charge in [-0.2, -0.15) is 5.10 Å². The van der Waals surface area contributed by atoms with E-state index in [2.05, 4.69) is 10.2 Å². The summed E-state index contributed by atoms with van der Waals surface area (Å²) in [6.07, 6.45) is 0.502. The Kier molecular flexibility index (Phi) is 4.63. The maximum atomic E-state index is 12.3. The molecule has 1 aromatic rings. The van der Waals surface area contributed by atoms with E-state index in [-0.39, 0.29) is 28.5 Å². The van der Waals surface area contributed by atoms with Crippen molar-refractivity contribution in [2.45, 2.75) is 27.2 Å². The Hall–Kier alpha value is -2.18. The summed E-state index contributed by atoms with van der Waals surface area (Å²) >= 11 is 0. The van der Waals surface area contributed by atoms with Crippen molar-refractivity contribution in [2.24, 2.45) is 5.41 Å². The van der Waals surface area contributed by atoms with Crippen LogP contribution in [0.1, 0.15) is 37.7 Å². The molecule has 0 aliphatic carbocycles. The Morgan fingerprint density at radius 2 is 1.73 bits per heavy atom. The number of aromatic nitrogens is 2. The van der Waals surface area contributed by atoms with Gasteiger partial charge in [-0.05, 0) is 11.5 Å². The van der Waals surface area contributed by atoms with E-state index in [1.165, 1.54) is 12.1 Å². The van der Waals surface area contributed by atoms with Crippen LogP contribution < -0.4 is 5.56 Å². The van der Waals surface area contributed by atoms with Crippen molar-refractivity contribution in [2.75, 3.05) is 26.2 Å². The van der Waals surface area contributed by atoms with Crippen molar-refractivity contribution < 1.29 is 9.59 Å². The highest BCUT2D eigenvalue weighted by atomic mass is 16.2. The summed E-state index contributed by atoms with van der Waals surface area (Å²) in [5, 5.41) is 6.00. The van der Waals surface area contributed by atoms with Gasteiger partial charge in [-0.25, -0.2) is 5.10 Å². The van der Waals surface area contributed by atoms with Crippen molar-refractivity contribution in [3.8, 4) is 0 Å². The van der Waals surface area contributed by atoms with Gasteiger partial charge >= 0.3 is 0 Å². The number of piperazine rings is 1. The minimum atomic E-state index is -0.339. The molecule has 0 bridgehead atoms. The molecular weight excluding hydrogens is 284 g/mol. The Labute approximate surface area is 129 Å². The van der Waals surface area contributed by atoms with Crippen molar-refractivity contribution in [3.63, 3.8) is 0 Å². The van der Waals surface area contributed by atoms with Gasteiger partial charge in [0.05, 0.1) is 0 Å². The summed E-state index contributed by atoms with van der Waals surface area (Å²) in [7, 11) is 0. The Morgan fingerprint density at radius 1 is 1.14 bits per heavy atom. The zero-order valence-corrected chi connectivity index (χ0v) is 13.3. The summed E-state index contributed by atoms with van der Waals surface area (Å²) in [6.45, 7) is 8.13. The molecular formula is C15H22N4O3. The Balaban J connectivity index is 1.92. The molecule has 0 unspecified atom stereocenters. The first-order valence-corrected chi connectivity index (χ1v) is 7.39. The van der Waals surface area contributed by atoms with Crippen LogP contribution in [0.5, 0.6) is 0 Å². The van der Waals surface area contributed by atoms with Crippen molar-refractivity contribution in [1.29, 1.82) is 0 Å². The molecule has 0 atom stereocenters. The molecule has 1 aromatic heterocycles. The molecule has 1 aliphatic rings. The summed E-state index contributed by atoms with van der Waals surface area (Å²) in [5.41, 5.74) is -0.160. The standard InChI is InChI=1S/C15H22N4O3/c1-15(2,3)10-13(21)18-6-8-19(9-7-18)14(22)11-4-5-12(20)17-16-11/h4-5H,6-10H2,1-3H3,(H,17,20). The van der Waals surface area contributed by atoms with Crippen molar-refractivity contribution in [3.05, 3.63) is 28.2 Å². The minimum Gasteiger partial charge on any atom is -0.339 e. The normalized spacial score (nSPS) is 15.8. The number of nitrogens with one attached hydrogen (secondary N) is 1. The van der Waals surface area contributed by atoms with Crippen LogP contribution in [0.2, 0.25) is 0 Å². The number of carbonyl (C=O) groups is 2. The zero-order valence-electron chi connectivity index (χ0n) is 13.3. The predicted molar refractivity (Wildman–Crippen MR) is 81.4 cm³/mol. The van der Waals surface area contributed by atoms with E-state index >= 15 is 0 Å². The lowest BCUT2D eigenvalue weighted by Gasteiger charge is -2.35. The molecule has 0 aromatic carbocycles. The minimum absolute atomic E-state index is 0.0378. The van der Waals surface area contributed by atoms with Gasteiger partial charge in [-0.1, -0.05) is 20.8 Å². The van der Waals surface area contributed by atoms with E-state index in [0.29, 0.717) is 32.6 Å². The SMILES string of the molecule is CC(C)(C)CC(=O)N1CCN(C(=O)c2ccc(=O)[nH]n2)CC1. The molecule has 2 heterocycles. The highest BCUT2D eigenvalue weighted by Gasteiger charge is 2.27. The van der Waals surface area contributed by atoms with Gasteiger partial charge in [0, 0.05) is 38.7 Å². The number of carbonyl (C=O) groups excluding carboxylic acids is 2. The van der Waals surface area contributed by atoms with E-state index < -0.39 is 0 Å². The first-order valence-electron chi connectivity index (χ1n) is 7.39. The highest BCUT2D eigenvalue weighted by molar-refractivity contribution is 5.92. The quantitative estimate of drug-likeness (QED) is 0.861. The monoisotopic (exact) mass is 306 g/mol. The van der Waals surface area contributed by atoms with Crippen molar-refractivity contribution >= 4 is 11.8 Å². The maximum absolute atomic E-state index is 12.3. The fourth-order valence-corrected chi connectivity index (χ4v) is 2.35. The third-order valence-electron chi connectivity index (χ3n) is 3.50. The molecule has 22 heavy (non-hydrogen) atoms. The number of hydrogen-bond donors (Lipinski definition) is 1. The third kappa shape index (κ3) is 4.16. The van der Waals surface area contributed by atoms with Gasteiger partial charge < -0.3 is 9.80 Å². The number of nitrogens with zero attached hydrogens (tertiary/aromatic N) is 3. The fraction of sp³-hybridized carbons (Fsp3) is 0.600. The zero-order chi connectivity index (χ0) is 16.3. The fourth-order valence-electron chi connectivity index (χ4n) is 2.35. The van der Waals surface area contributed by atoms with Gasteiger partial charge in [0.25, 0.3) is 11.5 Å². The number of hydrogen-bond acceptors (Lipinski definition) is 4. The molecule has 1 aliphatic heterocycles. The van der Waals surface area contributed by atoms with Crippen LogP contribution in [0.25, 0.3) is 0 Å². The van der Waals surface area contributed by atoms with Crippen LogP contribution in [0.4, 0.5) is 0 Å². The van der Waals surface area contributed by atoms with E-state index in [4.69, 9.17) is 0 Å². The summed E-state index contributed by atoms with van der Waals surface area (Å²) < 4.78 is 0. The molecule has 1 fully saturated rings. The second kappa shape index (κ2) is 6.29. The smallest absolute Gasteiger partial charge is 0.274 e. The second-order valence-electron chi connectivity index (χ2n) is 6.72. The lowest BCUT2D eigenvalue weighted by molar-refractivity contribution is -0.134. The molecule has 7 heteroatoms. The lowest BCUT2D eigenvalue weighted by Crippen LogP contribution is -2.51. The average Bonchev–Trinajstić information content (AvgIpc) is 2.46. The van der Waals surface area contributed by atoms with Crippen LogP contribution in [-0.2, 0) is 4.79 Å². The third-order valence-corrected chi connectivity index (χ3v) is 3.50. The molecule has 7 nitrogen and oxygen atoms in total. The number of H-pyrrole nitrogens is 1. The van der Waals surface area contributed by atoms with Gasteiger partial charge in [0.15, 0.2) is 0 Å². The Morgan fingerprint density at radius 3 is 2.23 bits per heavy atom. The van der Waals surface area contributed by atoms with Crippen LogP contribution in [0.15, 0.2) is 16.9 Å². The lowest BCUT2D eigenvalue weighted by atomic mass is 9.91. The first kappa shape index (κ1) is 16.2. The summed E-state index contributed by atoms with van der Waals surface area (Å²) in [6, 6.07) is 2.70. The molecule has 2 amide bonds. The van der Waals surface area contributed by atoms with Gasteiger partial charge in [0.2, 0.25) is 5.91 Å². The number of aromatic amines is 1. The van der Waals surface area contributed by atoms with Gasteiger partial charge in [0.1, 0.15) is 5.69 Å². The van der Waals surface area contributed by atoms with E-state index in [1.807, 2.05) is 20.8 Å². The van der Waals surface area contributed by atoms with Crippen LogP contribution >= 0.6 is 0 Å². The second-order valence-corrected chi connectivity index (χ2v) is 6.72. The first-order chi connectivity index (χ1) is 10.3. The van der Waals surface area contributed by atoms with E-state index in [9.17, 15) is 14.4 Å². The Bertz CT molecular complexity index is 589. The maximum Gasteiger partial charge on any atom is 0.274 e. The van der Waals surface area contributed by atoms with Crippen LogP contribution in [-0.4, -0.2) is 58.0 Å². The van der Waals surface area contributed by atoms with E-state index in [1.54, 1.807) is 9.80 Å². The molecule has 0 radical (unpaired) electrons. The topological polar surface area (TPSA) is 86.4 Å².